The summed E-state index contributed by atoms with van der Waals surface area (Å²) in [5.74, 6) is 0.135. The van der Waals surface area contributed by atoms with E-state index >= 15 is 0 Å². The third-order valence-electron chi connectivity index (χ3n) is 1.31. The lowest BCUT2D eigenvalue weighted by Crippen LogP contribution is -2.48. The van der Waals surface area contributed by atoms with Crippen molar-refractivity contribution in [3.05, 3.63) is 0 Å². The van der Waals surface area contributed by atoms with Gasteiger partial charge in [-0.25, -0.2) is 0 Å². The van der Waals surface area contributed by atoms with Crippen LogP contribution in [0.25, 0.3) is 0 Å². The zero-order chi connectivity index (χ0) is 5.98. The highest BCUT2D eigenvalue weighted by molar-refractivity contribution is 5.83. The minimum absolute atomic E-state index is 0.135. The lowest BCUT2D eigenvalue weighted by Gasteiger charge is -2.16. The molecule has 0 amide bonds. The van der Waals surface area contributed by atoms with Crippen LogP contribution in [0, 0.1) is 0 Å². The predicted molar refractivity (Wildman–Crippen MR) is 30.2 cm³/mol. The molecule has 1 atom stereocenters. The fourth-order valence-corrected chi connectivity index (χ4v) is 0.790. The number of hydrogen-bond acceptors (Lipinski definition) is 3. The zero-order valence-electron chi connectivity index (χ0n) is 4.68. The van der Waals surface area contributed by atoms with E-state index in [2.05, 4.69) is 5.32 Å². The molecule has 0 radical (unpaired) electrons. The molecule has 0 spiro atoms. The van der Waals surface area contributed by atoms with Crippen molar-refractivity contribution >= 4 is 5.78 Å². The van der Waals surface area contributed by atoms with Crippen molar-refractivity contribution in [1.82, 2.24) is 5.32 Å². The fraction of sp³-hybridized carbons (Fsp3) is 0.800. The van der Waals surface area contributed by atoms with Crippen LogP contribution in [0.5, 0.6) is 0 Å². The first kappa shape index (κ1) is 5.72. The van der Waals surface area contributed by atoms with Crippen LogP contribution in [0.4, 0.5) is 0 Å². The highest BCUT2D eigenvalue weighted by Crippen LogP contribution is 1.97. The Hall–Kier alpha value is -0.410. The van der Waals surface area contributed by atoms with Crippen molar-refractivity contribution < 1.29 is 4.79 Å². The largest absolute Gasteiger partial charge is 0.310 e. The maximum absolute atomic E-state index is 10.6. The van der Waals surface area contributed by atoms with Crippen LogP contribution in [0.3, 0.4) is 0 Å². The molecule has 0 bridgehead atoms. The second-order valence-corrected chi connectivity index (χ2v) is 2.00. The summed E-state index contributed by atoms with van der Waals surface area (Å²) in [6, 6.07) is 0. The van der Waals surface area contributed by atoms with Gasteiger partial charge in [0.1, 0.15) is 6.17 Å². The molecule has 3 nitrogen and oxygen atoms in total. The molecule has 46 valence electrons. The van der Waals surface area contributed by atoms with Crippen molar-refractivity contribution in [1.29, 1.82) is 0 Å². The predicted octanol–water partition coefficient (Wildman–Crippen LogP) is -0.776. The van der Waals surface area contributed by atoms with Gasteiger partial charge in [-0.3, -0.25) is 10.1 Å². The lowest BCUT2D eigenvalue weighted by molar-refractivity contribution is -0.122. The molecule has 1 rings (SSSR count). The van der Waals surface area contributed by atoms with E-state index in [-0.39, 0.29) is 11.9 Å². The average Bonchev–Trinajstić information content (AvgIpc) is 1.77. The number of Topliss-reactive ketones (excluding diaryl/α,β-unsaturated/α-hetero) is 1. The fourth-order valence-electron chi connectivity index (χ4n) is 0.790. The van der Waals surface area contributed by atoms with Crippen LogP contribution >= 0.6 is 0 Å². The summed E-state index contributed by atoms with van der Waals surface area (Å²) in [5, 5.41) is 2.86. The van der Waals surface area contributed by atoms with Gasteiger partial charge >= 0.3 is 0 Å². The summed E-state index contributed by atoms with van der Waals surface area (Å²) in [5.41, 5.74) is 5.32. The van der Waals surface area contributed by atoms with Gasteiger partial charge in [-0.1, -0.05) is 0 Å². The Kier molecular flexibility index (Phi) is 1.60. The van der Waals surface area contributed by atoms with E-state index in [1.54, 1.807) is 0 Å². The molecule has 3 heteroatoms. The zero-order valence-corrected chi connectivity index (χ0v) is 4.68. The van der Waals surface area contributed by atoms with Crippen LogP contribution in [-0.2, 0) is 4.79 Å². The number of nitrogens with one attached hydrogen (secondary N) is 1. The Balaban J connectivity index is 2.39. The first-order chi connectivity index (χ1) is 3.80. The Morgan fingerprint density at radius 3 is 2.88 bits per heavy atom. The number of ketones is 1. The minimum atomic E-state index is -0.385. The average molecular weight is 114 g/mol. The van der Waals surface area contributed by atoms with E-state index in [0.717, 1.165) is 13.0 Å². The van der Waals surface area contributed by atoms with Gasteiger partial charge in [0.15, 0.2) is 5.78 Å². The van der Waals surface area contributed by atoms with Gasteiger partial charge in [-0.05, 0) is 13.0 Å². The SMILES string of the molecule is NC1NCCCC1=O. The third kappa shape index (κ3) is 1.05. The van der Waals surface area contributed by atoms with E-state index in [1.807, 2.05) is 0 Å². The molecule has 3 N–H and O–H groups in total. The van der Waals surface area contributed by atoms with E-state index in [4.69, 9.17) is 5.73 Å². The first-order valence-electron chi connectivity index (χ1n) is 2.82. The maximum Gasteiger partial charge on any atom is 0.164 e. The molecular formula is C5H10N2O. The summed E-state index contributed by atoms with van der Waals surface area (Å²) in [6.45, 7) is 0.882. The highest BCUT2D eigenvalue weighted by atomic mass is 16.1. The topological polar surface area (TPSA) is 55.1 Å². The van der Waals surface area contributed by atoms with E-state index in [9.17, 15) is 4.79 Å². The van der Waals surface area contributed by atoms with Crippen LogP contribution in [0.15, 0.2) is 0 Å². The van der Waals surface area contributed by atoms with E-state index in [0.29, 0.717) is 6.42 Å². The molecule has 0 aliphatic carbocycles. The molecule has 1 unspecified atom stereocenters. The molecule has 0 saturated carbocycles. The number of nitrogens with two attached hydrogens (primary N) is 1. The Morgan fingerprint density at radius 2 is 2.50 bits per heavy atom. The van der Waals surface area contributed by atoms with Crippen LogP contribution in [0.2, 0.25) is 0 Å². The van der Waals surface area contributed by atoms with Crippen molar-refractivity contribution in [3.63, 3.8) is 0 Å². The van der Waals surface area contributed by atoms with Gasteiger partial charge in [0.25, 0.3) is 0 Å². The number of carbonyl (C=O) groups excluding carboxylic acids is 1. The normalized spacial score (nSPS) is 30.6. The van der Waals surface area contributed by atoms with Crippen molar-refractivity contribution in [2.24, 2.45) is 5.73 Å². The second kappa shape index (κ2) is 2.24. The van der Waals surface area contributed by atoms with Crippen molar-refractivity contribution in [3.8, 4) is 0 Å². The smallest absolute Gasteiger partial charge is 0.164 e. The summed E-state index contributed by atoms with van der Waals surface area (Å²) < 4.78 is 0. The molecule has 1 heterocycles. The molecule has 0 aromatic carbocycles. The number of rotatable bonds is 0. The number of piperidine rings is 1. The van der Waals surface area contributed by atoms with Crippen LogP contribution in [-0.4, -0.2) is 18.5 Å². The van der Waals surface area contributed by atoms with Gasteiger partial charge in [0.05, 0.1) is 0 Å². The highest BCUT2D eigenvalue weighted by Gasteiger charge is 2.15. The van der Waals surface area contributed by atoms with Crippen molar-refractivity contribution in [2.75, 3.05) is 6.54 Å². The van der Waals surface area contributed by atoms with Crippen LogP contribution < -0.4 is 11.1 Å². The van der Waals surface area contributed by atoms with Gasteiger partial charge in [0, 0.05) is 6.42 Å². The second-order valence-electron chi connectivity index (χ2n) is 2.00. The number of hydrogen-bond donors (Lipinski definition) is 2. The molecule has 1 aliphatic rings. The number of carbonyl (C=O) groups is 1. The van der Waals surface area contributed by atoms with Crippen LogP contribution in [0.1, 0.15) is 12.8 Å². The third-order valence-corrected chi connectivity index (χ3v) is 1.31. The van der Waals surface area contributed by atoms with Gasteiger partial charge < -0.3 is 5.73 Å². The first-order valence-corrected chi connectivity index (χ1v) is 2.82. The Labute approximate surface area is 48.2 Å². The molecule has 1 aliphatic heterocycles. The quantitative estimate of drug-likeness (QED) is 0.434. The van der Waals surface area contributed by atoms with Crippen molar-refractivity contribution in [2.45, 2.75) is 19.0 Å². The molecule has 1 fully saturated rings. The monoisotopic (exact) mass is 114 g/mol. The van der Waals surface area contributed by atoms with E-state index in [1.165, 1.54) is 0 Å². The molecular weight excluding hydrogens is 104 g/mol. The summed E-state index contributed by atoms with van der Waals surface area (Å²) >= 11 is 0. The molecule has 0 aromatic heterocycles. The Bertz CT molecular complexity index is 103. The molecule has 1 saturated heterocycles. The van der Waals surface area contributed by atoms with Gasteiger partial charge in [-0.2, -0.15) is 0 Å². The van der Waals surface area contributed by atoms with Gasteiger partial charge in [-0.15, -0.1) is 0 Å². The summed E-state index contributed by atoms with van der Waals surface area (Å²) in [6.07, 6.45) is 1.20. The molecule has 0 aromatic rings. The maximum atomic E-state index is 10.6. The molecule has 8 heavy (non-hydrogen) atoms. The standard InChI is InChI=1S/C5H10N2O/c6-5-4(8)2-1-3-7-5/h5,7H,1-3,6H2. The van der Waals surface area contributed by atoms with Gasteiger partial charge in [0.2, 0.25) is 0 Å². The summed E-state index contributed by atoms with van der Waals surface area (Å²) in [4.78, 5) is 10.6. The Morgan fingerprint density at radius 1 is 1.75 bits per heavy atom. The minimum Gasteiger partial charge on any atom is -0.310 e. The summed E-state index contributed by atoms with van der Waals surface area (Å²) in [7, 11) is 0. The van der Waals surface area contributed by atoms with E-state index < -0.39 is 0 Å². The lowest BCUT2D eigenvalue weighted by atomic mass is 10.1.